The summed E-state index contributed by atoms with van der Waals surface area (Å²) in [5.74, 6) is -0.524. The van der Waals surface area contributed by atoms with Crippen LogP contribution in [0.15, 0.2) is 77.9 Å². The van der Waals surface area contributed by atoms with Gasteiger partial charge in [0.2, 0.25) is 10.0 Å². The van der Waals surface area contributed by atoms with Gasteiger partial charge in [-0.05, 0) is 52.6 Å². The Bertz CT molecular complexity index is 1420. The second kappa shape index (κ2) is 9.03. The topological polar surface area (TPSA) is 78.8 Å². The van der Waals surface area contributed by atoms with Gasteiger partial charge in [-0.15, -0.1) is 0 Å². The lowest BCUT2D eigenvalue weighted by molar-refractivity contribution is -0.119. The van der Waals surface area contributed by atoms with E-state index in [1.165, 1.54) is 0 Å². The lowest BCUT2D eigenvalue weighted by Crippen LogP contribution is -2.39. The molecule has 0 bridgehead atoms. The average Bonchev–Trinajstić information content (AvgIpc) is 2.77. The molecule has 33 heavy (non-hydrogen) atoms. The zero-order chi connectivity index (χ0) is 23.6. The van der Waals surface area contributed by atoms with E-state index in [4.69, 9.17) is 0 Å². The first-order chi connectivity index (χ1) is 15.8. The predicted molar refractivity (Wildman–Crippen MR) is 135 cm³/mol. The maximum absolute atomic E-state index is 12.7. The van der Waals surface area contributed by atoms with Crippen LogP contribution in [0.3, 0.4) is 0 Å². The molecule has 0 aromatic heterocycles. The smallest absolute Gasteiger partial charge is 0.260 e. The third kappa shape index (κ3) is 4.73. The van der Waals surface area contributed by atoms with E-state index >= 15 is 0 Å². The fraction of sp³-hybridized carbons (Fsp3) is 0.154. The van der Waals surface area contributed by atoms with E-state index in [2.05, 4.69) is 16.6 Å². The van der Waals surface area contributed by atoms with Gasteiger partial charge in [0.1, 0.15) is 6.54 Å². The van der Waals surface area contributed by atoms with Gasteiger partial charge in [-0.2, -0.15) is 5.10 Å². The monoisotopic (exact) mass is 459 g/mol. The van der Waals surface area contributed by atoms with Crippen LogP contribution in [0.1, 0.15) is 16.7 Å². The maximum atomic E-state index is 12.7. The van der Waals surface area contributed by atoms with Gasteiger partial charge < -0.3 is 0 Å². The van der Waals surface area contributed by atoms with Gasteiger partial charge in [-0.3, -0.25) is 9.10 Å². The fourth-order valence-electron chi connectivity index (χ4n) is 4.08. The van der Waals surface area contributed by atoms with Crippen molar-refractivity contribution in [2.75, 3.05) is 17.1 Å². The Hall–Kier alpha value is -3.71. The number of hydrogen-bond donors (Lipinski definition) is 1. The molecule has 6 nitrogen and oxygen atoms in total. The van der Waals surface area contributed by atoms with Crippen LogP contribution in [0, 0.1) is 13.8 Å². The summed E-state index contributed by atoms with van der Waals surface area (Å²) in [6.45, 7) is 3.28. The van der Waals surface area contributed by atoms with Crippen molar-refractivity contribution in [1.82, 2.24) is 5.43 Å². The number of aryl methyl sites for hydroxylation is 2. The van der Waals surface area contributed by atoms with E-state index in [0.717, 1.165) is 48.8 Å². The number of benzene rings is 4. The zero-order valence-electron chi connectivity index (χ0n) is 18.7. The van der Waals surface area contributed by atoms with Crippen LogP contribution >= 0.6 is 0 Å². The molecule has 0 saturated carbocycles. The van der Waals surface area contributed by atoms with E-state index in [1.807, 2.05) is 80.6 Å². The van der Waals surface area contributed by atoms with E-state index < -0.39 is 15.9 Å². The number of hydrazone groups is 1. The molecule has 7 heteroatoms. The van der Waals surface area contributed by atoms with Gasteiger partial charge in [-0.25, -0.2) is 13.8 Å². The van der Waals surface area contributed by atoms with Crippen LogP contribution in [0.25, 0.3) is 21.5 Å². The Morgan fingerprint density at radius 1 is 0.909 bits per heavy atom. The van der Waals surface area contributed by atoms with Crippen LogP contribution in [-0.2, 0) is 14.8 Å². The van der Waals surface area contributed by atoms with E-state index in [0.29, 0.717) is 5.69 Å². The average molecular weight is 460 g/mol. The van der Waals surface area contributed by atoms with Crippen LogP contribution in [0.4, 0.5) is 5.69 Å². The Labute approximate surface area is 193 Å². The molecule has 0 saturated heterocycles. The van der Waals surface area contributed by atoms with Crippen molar-refractivity contribution >= 4 is 49.4 Å². The molecule has 0 aliphatic carbocycles. The second-order valence-electron chi connectivity index (χ2n) is 8.04. The molecule has 0 radical (unpaired) electrons. The molecular weight excluding hydrogens is 434 g/mol. The Morgan fingerprint density at radius 2 is 1.45 bits per heavy atom. The number of fused-ring (bicyclic) bond motifs is 2. The molecule has 168 valence electrons. The number of anilines is 1. The van der Waals surface area contributed by atoms with Gasteiger partial charge in [0.15, 0.2) is 0 Å². The molecule has 0 spiro atoms. The first-order valence-corrected chi connectivity index (χ1v) is 12.4. The molecule has 4 rings (SSSR count). The highest BCUT2D eigenvalue weighted by atomic mass is 32.2. The van der Waals surface area contributed by atoms with Gasteiger partial charge >= 0.3 is 0 Å². The minimum absolute atomic E-state index is 0.363. The van der Waals surface area contributed by atoms with Crippen LogP contribution in [-0.4, -0.2) is 33.3 Å². The number of carbonyl (C=O) groups excluding carboxylic acids is 1. The standard InChI is InChI=1S/C26H25N3O3S/c1-18-9-8-10-19(2)26(18)29(33(3,31)32)17-25(30)28-27-16-24-22-13-6-4-11-20(22)15-21-12-5-7-14-23(21)24/h4-16H,17H2,1-3H3,(H,28,30)/b27-16+. The number of rotatable bonds is 6. The van der Waals surface area contributed by atoms with E-state index in [1.54, 1.807) is 6.21 Å². The molecule has 0 fully saturated rings. The van der Waals surface area contributed by atoms with E-state index in [9.17, 15) is 13.2 Å². The fourth-order valence-corrected chi connectivity index (χ4v) is 5.06. The first kappa shape index (κ1) is 22.5. The highest BCUT2D eigenvalue weighted by molar-refractivity contribution is 7.92. The summed E-state index contributed by atoms with van der Waals surface area (Å²) >= 11 is 0. The Kier molecular flexibility index (Phi) is 6.16. The van der Waals surface area contributed by atoms with Gasteiger partial charge in [0.05, 0.1) is 18.2 Å². The largest absolute Gasteiger partial charge is 0.271 e. The molecule has 1 N–H and O–H groups in total. The maximum Gasteiger partial charge on any atom is 0.260 e. The molecule has 0 aliphatic heterocycles. The highest BCUT2D eigenvalue weighted by Crippen LogP contribution is 2.28. The quantitative estimate of drug-likeness (QED) is 0.261. The molecule has 0 unspecified atom stereocenters. The molecular formula is C26H25N3O3S. The molecule has 0 aliphatic rings. The summed E-state index contributed by atoms with van der Waals surface area (Å²) in [6, 6.07) is 23.6. The van der Waals surface area contributed by atoms with Crippen molar-refractivity contribution in [1.29, 1.82) is 0 Å². The van der Waals surface area contributed by atoms with Crippen molar-refractivity contribution in [3.8, 4) is 0 Å². The number of nitrogens with one attached hydrogen (secondary N) is 1. The lowest BCUT2D eigenvalue weighted by atomic mass is 9.97. The number of para-hydroxylation sites is 1. The second-order valence-corrected chi connectivity index (χ2v) is 9.94. The van der Waals surface area contributed by atoms with E-state index in [-0.39, 0.29) is 6.54 Å². The number of carbonyl (C=O) groups is 1. The number of sulfonamides is 1. The molecule has 0 heterocycles. The summed E-state index contributed by atoms with van der Waals surface area (Å²) < 4.78 is 26.1. The molecule has 4 aromatic rings. The third-order valence-electron chi connectivity index (χ3n) is 5.57. The van der Waals surface area contributed by atoms with Crippen molar-refractivity contribution in [3.05, 3.63) is 89.5 Å². The highest BCUT2D eigenvalue weighted by Gasteiger charge is 2.23. The lowest BCUT2D eigenvalue weighted by Gasteiger charge is -2.25. The molecule has 0 atom stereocenters. The van der Waals surface area contributed by atoms with Gasteiger partial charge in [0, 0.05) is 5.56 Å². The SMILES string of the molecule is Cc1cccc(C)c1N(CC(=O)N/N=C/c1c2ccccc2cc2ccccc12)S(C)(=O)=O. The summed E-state index contributed by atoms with van der Waals surface area (Å²) in [6.07, 6.45) is 2.71. The van der Waals surface area contributed by atoms with Gasteiger partial charge in [-0.1, -0.05) is 66.7 Å². The van der Waals surface area contributed by atoms with Gasteiger partial charge in [0.25, 0.3) is 5.91 Å². The van der Waals surface area contributed by atoms with Crippen molar-refractivity contribution in [2.45, 2.75) is 13.8 Å². The molecule has 4 aromatic carbocycles. The summed E-state index contributed by atoms with van der Waals surface area (Å²) in [5.41, 5.74) is 5.45. The normalized spacial score (nSPS) is 11.8. The summed E-state index contributed by atoms with van der Waals surface area (Å²) in [5, 5.41) is 8.34. The minimum Gasteiger partial charge on any atom is -0.271 e. The summed E-state index contributed by atoms with van der Waals surface area (Å²) in [7, 11) is -3.67. The molecule has 1 amide bonds. The van der Waals surface area contributed by atoms with Crippen molar-refractivity contribution in [3.63, 3.8) is 0 Å². The Balaban J connectivity index is 1.62. The number of amides is 1. The van der Waals surface area contributed by atoms with Crippen LogP contribution < -0.4 is 9.73 Å². The predicted octanol–water partition coefficient (Wildman–Crippen LogP) is 4.53. The Morgan fingerprint density at radius 3 is 2.00 bits per heavy atom. The number of nitrogens with zero attached hydrogens (tertiary/aromatic N) is 2. The summed E-state index contributed by atoms with van der Waals surface area (Å²) in [4.78, 5) is 12.7. The first-order valence-electron chi connectivity index (χ1n) is 10.5. The van der Waals surface area contributed by atoms with Crippen LogP contribution in [0.2, 0.25) is 0 Å². The number of hydrogen-bond acceptors (Lipinski definition) is 4. The van der Waals surface area contributed by atoms with Crippen molar-refractivity contribution in [2.24, 2.45) is 5.10 Å². The van der Waals surface area contributed by atoms with Crippen molar-refractivity contribution < 1.29 is 13.2 Å². The zero-order valence-corrected chi connectivity index (χ0v) is 19.6. The third-order valence-corrected chi connectivity index (χ3v) is 6.68. The minimum atomic E-state index is -3.67. The van der Waals surface area contributed by atoms with Crippen LogP contribution in [0.5, 0.6) is 0 Å².